The van der Waals surface area contributed by atoms with Crippen LogP contribution in [0.5, 0.6) is 0 Å². The molecule has 6 nitrogen and oxygen atoms in total. The van der Waals surface area contributed by atoms with Crippen molar-refractivity contribution in [3.63, 3.8) is 0 Å². The Labute approximate surface area is 306 Å². The fourth-order valence-corrected chi connectivity index (χ4v) is 5.36. The minimum absolute atomic E-state index is 0.0918. The summed E-state index contributed by atoms with van der Waals surface area (Å²) in [4.78, 5) is 33.0. The number of hydrogen-bond acceptors (Lipinski definition) is 5. The highest BCUT2D eigenvalue weighted by Crippen LogP contribution is 2.32. The van der Waals surface area contributed by atoms with Crippen molar-refractivity contribution in [2.75, 3.05) is 26.0 Å². The molecule has 0 aliphatic heterocycles. The number of amides is 1. The van der Waals surface area contributed by atoms with Crippen LogP contribution in [0.2, 0.25) is 0 Å². The van der Waals surface area contributed by atoms with Crippen molar-refractivity contribution in [2.45, 2.75) is 63.6 Å². The second-order valence-corrected chi connectivity index (χ2v) is 11.1. The third-order valence-electron chi connectivity index (χ3n) is 6.91. The van der Waals surface area contributed by atoms with Gasteiger partial charge in [-0.2, -0.15) is 18.2 Å². The van der Waals surface area contributed by atoms with E-state index >= 15 is 0 Å². The van der Waals surface area contributed by atoms with E-state index in [-0.39, 0.29) is 26.8 Å². The Morgan fingerprint density at radius 1 is 1.04 bits per heavy atom. The number of aromatic nitrogens is 2. The van der Waals surface area contributed by atoms with Crippen LogP contribution in [0.3, 0.4) is 0 Å². The molecule has 1 amide bonds. The predicted octanol–water partition coefficient (Wildman–Crippen LogP) is 7.47. The van der Waals surface area contributed by atoms with E-state index in [4.69, 9.17) is 20.6 Å². The van der Waals surface area contributed by atoms with Gasteiger partial charge in [-0.25, -0.2) is 4.39 Å². The fourth-order valence-electron chi connectivity index (χ4n) is 4.53. The molecule has 4 aromatic rings. The molecule has 1 aromatic heterocycles. The number of nitrogens with zero attached hydrogens (tertiary/aromatic N) is 4. The number of halogens is 4. The standard InChI is InChI=1S/C37H40F4N4O2S/c1-4-43(5-2)18-19-44(22-26-6-10-28(11-7-26)29-12-14-30(15-13-29)37(39,40)41)34(46)23-45-33-21-25(3)20-32(33)35(47)42-36(45)48-24-27-8-16-31(38)17-9-27/h6-17,25H,4-5,18-24H2,1-3H3/i4D2,5D2,8D,9D,16D,17D,18D2,20D2,21D2,23D2,25D. The van der Waals surface area contributed by atoms with Crippen molar-refractivity contribution in [3.8, 4) is 11.1 Å². The van der Waals surface area contributed by atoms with Gasteiger partial charge in [-0.3, -0.25) is 9.59 Å². The monoisotopic (exact) mass is 697 g/mol. The molecule has 0 bridgehead atoms. The molecule has 0 fully saturated rings. The Kier molecular flexibility index (Phi) is 6.23. The minimum Gasteiger partial charge on any atom is -0.336 e. The van der Waals surface area contributed by atoms with Crippen LogP contribution in [0.1, 0.15) is 72.0 Å². The van der Waals surface area contributed by atoms with Crippen LogP contribution in [0.4, 0.5) is 17.6 Å². The first kappa shape index (κ1) is 19.3. The first-order valence-electron chi connectivity index (χ1n) is 22.8. The lowest BCUT2D eigenvalue weighted by atomic mass is 10.0. The number of carbonyl (C=O) groups is 1. The van der Waals surface area contributed by atoms with Gasteiger partial charge in [0.15, 0.2) is 5.16 Å². The zero-order valence-corrected chi connectivity index (χ0v) is 26.6. The van der Waals surface area contributed by atoms with Crippen LogP contribution in [-0.4, -0.2) is 51.3 Å². The number of fused-ring (bicyclic) bond motifs is 1. The quantitative estimate of drug-likeness (QED) is 0.0825. The number of rotatable bonds is 13. The Morgan fingerprint density at radius 2 is 1.67 bits per heavy atom. The number of benzene rings is 3. The average Bonchev–Trinajstić information content (AvgIpc) is 3.27. The summed E-state index contributed by atoms with van der Waals surface area (Å²) in [5.41, 5.74) is -4.53. The van der Waals surface area contributed by atoms with Crippen molar-refractivity contribution >= 4 is 17.7 Å². The van der Waals surface area contributed by atoms with Crippen LogP contribution >= 0.6 is 11.8 Å². The van der Waals surface area contributed by atoms with Crippen molar-refractivity contribution in [3.05, 3.63) is 117 Å². The van der Waals surface area contributed by atoms with E-state index in [0.29, 0.717) is 16.0 Å². The van der Waals surface area contributed by atoms with E-state index in [0.717, 1.165) is 32.9 Å². The van der Waals surface area contributed by atoms with Crippen LogP contribution in [0.15, 0.2) is 82.7 Å². The molecule has 254 valence electrons. The molecule has 5 rings (SSSR count). The van der Waals surface area contributed by atoms with E-state index in [1.807, 2.05) is 0 Å². The van der Waals surface area contributed by atoms with Gasteiger partial charge >= 0.3 is 6.18 Å². The molecule has 0 saturated carbocycles. The normalized spacial score (nSPS) is 24.4. The minimum atomic E-state index is -4.61. The smallest absolute Gasteiger partial charge is 0.336 e. The summed E-state index contributed by atoms with van der Waals surface area (Å²) in [5, 5.41) is -0.939. The highest BCUT2D eigenvalue weighted by atomic mass is 32.2. The van der Waals surface area contributed by atoms with Gasteiger partial charge in [-0.15, -0.1) is 0 Å². The first-order chi connectivity index (χ1) is 29.3. The summed E-state index contributed by atoms with van der Waals surface area (Å²) in [7, 11) is 0. The van der Waals surface area contributed by atoms with E-state index in [1.165, 1.54) is 36.4 Å². The third kappa shape index (κ3) is 8.73. The van der Waals surface area contributed by atoms with E-state index in [1.54, 1.807) is 0 Å². The SMILES string of the molecule is [2H]c1c([2H])c(CSc2nc(=O)c3c(n2C([2H])([2H])C(=O)N(Cc2ccc(-c4ccc(C(F)(F)F)cc4)cc2)CC([2H])([2H])N(C([2H])([2H])C)C([2H])([2H])C)C([2H])([2H])C([2H])(C)C3([2H])[2H])c([2H])c([2H])c1F. The molecule has 1 aliphatic carbocycles. The highest BCUT2D eigenvalue weighted by molar-refractivity contribution is 7.98. The number of likely N-dealkylation sites (N-methyl/N-ethyl adjacent to an activating group) is 1. The molecule has 1 heterocycles. The summed E-state index contributed by atoms with van der Waals surface area (Å²) >= 11 is 0.237. The summed E-state index contributed by atoms with van der Waals surface area (Å²) in [6.45, 7) is -12.3. The highest BCUT2D eigenvalue weighted by Gasteiger charge is 2.30. The van der Waals surface area contributed by atoms with Crippen LogP contribution in [0.25, 0.3) is 11.1 Å². The molecule has 0 spiro atoms. The molecule has 1 unspecified atom stereocenters. The zero-order valence-electron chi connectivity index (χ0n) is 42.8. The van der Waals surface area contributed by atoms with Gasteiger partial charge in [-0.1, -0.05) is 81.0 Å². The maximum absolute atomic E-state index is 15.0. The maximum atomic E-state index is 15.0. The largest absolute Gasteiger partial charge is 0.416 e. The van der Waals surface area contributed by atoms with Gasteiger partial charge in [0.1, 0.15) is 12.3 Å². The maximum Gasteiger partial charge on any atom is 0.416 e. The van der Waals surface area contributed by atoms with Crippen LogP contribution in [0, 0.1) is 11.7 Å². The Hall–Kier alpha value is -3.96. The van der Waals surface area contributed by atoms with Crippen LogP contribution < -0.4 is 5.56 Å². The Bertz CT molecular complexity index is 2520. The molecule has 48 heavy (non-hydrogen) atoms. The Balaban J connectivity index is 1.72. The lowest BCUT2D eigenvalue weighted by Crippen LogP contribution is -2.40. The van der Waals surface area contributed by atoms with E-state index in [9.17, 15) is 29.9 Å². The molecule has 3 aromatic carbocycles. The van der Waals surface area contributed by atoms with Gasteiger partial charge < -0.3 is 14.4 Å². The fraction of sp³-hybridized carbons (Fsp3) is 0.378. The summed E-state index contributed by atoms with van der Waals surface area (Å²) in [6.07, 6.45) is -11.2. The van der Waals surface area contributed by atoms with Gasteiger partial charge in [0, 0.05) is 51.7 Å². The number of carbonyl (C=O) groups excluding carboxylic acids is 1. The number of thioether (sulfide) groups is 1. The molecular formula is C37H40F4N4O2S. The molecule has 0 radical (unpaired) electrons. The first-order valence-corrected chi connectivity index (χ1v) is 15.2. The number of hydrogen-bond donors (Lipinski definition) is 0. The van der Waals surface area contributed by atoms with E-state index < -0.39 is 139 Å². The number of alkyl halides is 3. The summed E-state index contributed by atoms with van der Waals surface area (Å²) < 4.78 is 200. The summed E-state index contributed by atoms with van der Waals surface area (Å²) in [6, 6.07) is 5.60. The van der Waals surface area contributed by atoms with Gasteiger partial charge in [0.05, 0.1) is 13.8 Å². The lowest BCUT2D eigenvalue weighted by Gasteiger charge is -2.28. The van der Waals surface area contributed by atoms with Crippen molar-refractivity contribution in [1.29, 1.82) is 0 Å². The van der Waals surface area contributed by atoms with Crippen molar-refractivity contribution in [2.24, 2.45) is 5.89 Å². The predicted molar refractivity (Wildman–Crippen MR) is 181 cm³/mol. The van der Waals surface area contributed by atoms with Crippen molar-refractivity contribution in [1.82, 2.24) is 19.4 Å². The molecule has 11 heteroatoms. The Morgan fingerprint density at radius 3 is 2.27 bits per heavy atom. The lowest BCUT2D eigenvalue weighted by molar-refractivity contribution is -0.137. The summed E-state index contributed by atoms with van der Waals surface area (Å²) in [5.74, 6) is -7.01. The molecule has 0 N–H and O–H groups in total. The third-order valence-corrected chi connectivity index (χ3v) is 7.87. The molecular weight excluding hydrogens is 640 g/mol. The second kappa shape index (κ2) is 15.5. The van der Waals surface area contributed by atoms with E-state index in [2.05, 4.69) is 4.98 Å². The van der Waals surface area contributed by atoms with Gasteiger partial charge in [0.2, 0.25) is 5.91 Å². The zero-order chi connectivity index (χ0) is 49.6. The second-order valence-electron chi connectivity index (χ2n) is 10.2. The van der Waals surface area contributed by atoms with Crippen molar-refractivity contribution < 1.29 is 45.7 Å². The topological polar surface area (TPSA) is 58.4 Å². The average molecular weight is 698 g/mol. The van der Waals surface area contributed by atoms with Gasteiger partial charge in [-0.05, 0) is 78.1 Å². The molecule has 1 aliphatic rings. The molecule has 0 saturated heterocycles. The molecule has 1 atom stereocenters. The van der Waals surface area contributed by atoms with Gasteiger partial charge in [0.25, 0.3) is 5.56 Å². The van der Waals surface area contributed by atoms with Crippen LogP contribution in [-0.2, 0) is 42.5 Å².